The molecule has 3 heterocycles. The molecule has 36 heavy (non-hydrogen) atoms. The summed E-state index contributed by atoms with van der Waals surface area (Å²) in [5.74, 6) is 0.392. The summed E-state index contributed by atoms with van der Waals surface area (Å²) in [6.45, 7) is 2.79. The molecule has 0 unspecified atom stereocenters. The van der Waals surface area contributed by atoms with Crippen molar-refractivity contribution < 1.29 is 19.7 Å². The quantitative estimate of drug-likeness (QED) is 0.271. The molecule has 0 amide bonds. The number of carbonyl (C=O) groups is 1. The van der Waals surface area contributed by atoms with Crippen molar-refractivity contribution in [2.45, 2.75) is 51.0 Å². The van der Waals surface area contributed by atoms with Crippen LogP contribution in [0.3, 0.4) is 0 Å². The van der Waals surface area contributed by atoms with Gasteiger partial charge in [-0.1, -0.05) is 11.6 Å². The van der Waals surface area contributed by atoms with E-state index < -0.39 is 12.1 Å². The predicted octanol–water partition coefficient (Wildman–Crippen LogP) is 6.21. The molecule has 1 aromatic carbocycles. The number of unbranched alkanes of at least 4 members (excludes halogenated alkanes) is 1. The van der Waals surface area contributed by atoms with Crippen LogP contribution in [0.2, 0.25) is 4.34 Å². The fourth-order valence-electron chi connectivity index (χ4n) is 5.41. The smallest absolute Gasteiger partial charge is 0.303 e. The van der Waals surface area contributed by atoms with Gasteiger partial charge in [0.05, 0.1) is 23.1 Å². The minimum Gasteiger partial charge on any atom is -0.497 e. The van der Waals surface area contributed by atoms with Gasteiger partial charge in [-0.3, -0.25) is 9.78 Å². The van der Waals surface area contributed by atoms with Gasteiger partial charge < -0.3 is 19.8 Å². The van der Waals surface area contributed by atoms with E-state index in [1.165, 1.54) is 4.88 Å². The van der Waals surface area contributed by atoms with Crippen LogP contribution < -0.4 is 4.74 Å². The third-order valence-electron chi connectivity index (χ3n) is 7.34. The van der Waals surface area contributed by atoms with Crippen LogP contribution in [0.4, 0.5) is 0 Å². The number of carboxylic acid groups (broad SMARTS) is 1. The number of hydrogen-bond donors (Lipinski definition) is 2. The Morgan fingerprint density at radius 2 is 2.11 bits per heavy atom. The van der Waals surface area contributed by atoms with E-state index in [-0.39, 0.29) is 12.3 Å². The number of benzene rings is 1. The molecule has 1 aliphatic rings. The standard InChI is InChI=1S/C28H35ClN2O4S/c1-35-21-6-8-25-24(17-21)23(11-13-30-25)26(32)9-5-19-12-15-31(18-20(19)16-28(33)34)14-3-2-4-22-7-10-27(29)36-22/h6-8,10-11,13,17,19-20,26,32H,2-5,9,12,14-16,18H2,1H3,(H,33,34)/t19-,20+,26+/m1/s1. The lowest BCUT2D eigenvalue weighted by Gasteiger charge is -2.38. The number of ether oxygens (including phenoxy) is 1. The van der Waals surface area contributed by atoms with Gasteiger partial charge in [0.15, 0.2) is 0 Å². The Bertz CT molecular complexity index is 1150. The zero-order valence-corrected chi connectivity index (χ0v) is 22.3. The molecule has 3 atom stereocenters. The number of thiophene rings is 1. The maximum Gasteiger partial charge on any atom is 0.303 e. The molecule has 0 spiro atoms. The average molecular weight is 531 g/mol. The van der Waals surface area contributed by atoms with Crippen LogP contribution in [0.15, 0.2) is 42.6 Å². The van der Waals surface area contributed by atoms with Gasteiger partial charge in [0, 0.05) is 29.4 Å². The SMILES string of the molecule is COc1ccc2nccc([C@@H](O)CC[C@@H]3CCN(CCCCc4ccc(Cl)s4)C[C@@H]3CC(=O)O)c2c1. The number of rotatable bonds is 12. The normalized spacial score (nSPS) is 19.4. The second-order valence-corrected chi connectivity index (χ2v) is 11.5. The second-order valence-electron chi connectivity index (χ2n) is 9.75. The van der Waals surface area contributed by atoms with Crippen molar-refractivity contribution in [3.05, 3.63) is 57.4 Å². The molecule has 3 aromatic rings. The maximum atomic E-state index is 11.6. The van der Waals surface area contributed by atoms with Crippen LogP contribution in [0.25, 0.3) is 10.9 Å². The monoisotopic (exact) mass is 530 g/mol. The van der Waals surface area contributed by atoms with Gasteiger partial charge in [-0.15, -0.1) is 11.3 Å². The fourth-order valence-corrected chi connectivity index (χ4v) is 6.54. The number of hydrogen-bond acceptors (Lipinski definition) is 6. The number of halogens is 1. The number of likely N-dealkylation sites (tertiary alicyclic amines) is 1. The van der Waals surface area contributed by atoms with Crippen LogP contribution >= 0.6 is 22.9 Å². The van der Waals surface area contributed by atoms with E-state index in [4.69, 9.17) is 16.3 Å². The first-order chi connectivity index (χ1) is 17.4. The van der Waals surface area contributed by atoms with E-state index >= 15 is 0 Å². The highest BCUT2D eigenvalue weighted by Crippen LogP contribution is 2.35. The van der Waals surface area contributed by atoms with Gasteiger partial charge in [-0.25, -0.2) is 0 Å². The van der Waals surface area contributed by atoms with E-state index in [0.29, 0.717) is 12.3 Å². The fraction of sp³-hybridized carbons (Fsp3) is 0.500. The Labute approximate surface area is 221 Å². The predicted molar refractivity (Wildman–Crippen MR) is 145 cm³/mol. The van der Waals surface area contributed by atoms with Crippen molar-refractivity contribution in [2.24, 2.45) is 11.8 Å². The van der Waals surface area contributed by atoms with Crippen molar-refractivity contribution in [1.29, 1.82) is 0 Å². The summed E-state index contributed by atoms with van der Waals surface area (Å²) in [6, 6.07) is 11.6. The van der Waals surface area contributed by atoms with E-state index in [1.807, 2.05) is 30.3 Å². The van der Waals surface area contributed by atoms with Crippen molar-refractivity contribution in [3.63, 3.8) is 0 Å². The van der Waals surface area contributed by atoms with Gasteiger partial charge in [-0.05, 0) is 105 Å². The molecule has 194 valence electrons. The molecule has 0 radical (unpaired) electrons. The number of nitrogens with zero attached hydrogens (tertiary/aromatic N) is 2. The van der Waals surface area contributed by atoms with Crippen molar-refractivity contribution >= 4 is 39.8 Å². The molecule has 0 saturated carbocycles. The third kappa shape index (κ3) is 7.19. The van der Waals surface area contributed by atoms with Crippen LogP contribution in [-0.4, -0.2) is 52.8 Å². The summed E-state index contributed by atoms with van der Waals surface area (Å²) >= 11 is 7.67. The van der Waals surface area contributed by atoms with Gasteiger partial charge in [0.1, 0.15) is 5.75 Å². The van der Waals surface area contributed by atoms with Crippen molar-refractivity contribution in [1.82, 2.24) is 9.88 Å². The van der Waals surface area contributed by atoms with E-state index in [2.05, 4.69) is 16.0 Å². The number of aromatic nitrogens is 1. The Morgan fingerprint density at radius 3 is 2.86 bits per heavy atom. The molecule has 4 rings (SSSR count). The number of aliphatic hydroxyl groups excluding tert-OH is 1. The lowest BCUT2D eigenvalue weighted by Crippen LogP contribution is -2.41. The molecule has 1 saturated heterocycles. The Morgan fingerprint density at radius 1 is 1.25 bits per heavy atom. The summed E-state index contributed by atoms with van der Waals surface area (Å²) < 4.78 is 6.20. The number of aryl methyl sites for hydroxylation is 1. The topological polar surface area (TPSA) is 82.9 Å². The van der Waals surface area contributed by atoms with Crippen LogP contribution in [0.5, 0.6) is 5.75 Å². The number of fused-ring (bicyclic) bond motifs is 1. The van der Waals surface area contributed by atoms with Crippen molar-refractivity contribution in [2.75, 3.05) is 26.7 Å². The third-order valence-corrected chi connectivity index (χ3v) is 8.63. The van der Waals surface area contributed by atoms with E-state index in [9.17, 15) is 15.0 Å². The summed E-state index contributed by atoms with van der Waals surface area (Å²) in [5, 5.41) is 21.5. The zero-order chi connectivity index (χ0) is 25.5. The van der Waals surface area contributed by atoms with Crippen LogP contribution in [0.1, 0.15) is 55.1 Å². The van der Waals surface area contributed by atoms with Crippen LogP contribution in [0, 0.1) is 11.8 Å². The first kappa shape index (κ1) is 26.9. The molecule has 0 aliphatic carbocycles. The van der Waals surface area contributed by atoms with Gasteiger partial charge in [-0.2, -0.15) is 0 Å². The number of methoxy groups -OCH3 is 1. The largest absolute Gasteiger partial charge is 0.497 e. The zero-order valence-electron chi connectivity index (χ0n) is 20.7. The first-order valence-corrected chi connectivity index (χ1v) is 13.9. The summed E-state index contributed by atoms with van der Waals surface area (Å²) in [4.78, 5) is 19.8. The van der Waals surface area contributed by atoms with E-state index in [1.54, 1.807) is 24.6 Å². The Kier molecular flexibility index (Phi) is 9.60. The Balaban J connectivity index is 1.31. The molecule has 0 bridgehead atoms. The molecule has 2 aromatic heterocycles. The molecular weight excluding hydrogens is 496 g/mol. The van der Waals surface area contributed by atoms with E-state index in [0.717, 1.165) is 78.3 Å². The lowest BCUT2D eigenvalue weighted by atomic mass is 9.79. The molecule has 1 fully saturated rings. The highest BCUT2D eigenvalue weighted by atomic mass is 35.5. The molecular formula is C28H35ClN2O4S. The summed E-state index contributed by atoms with van der Waals surface area (Å²) in [5.41, 5.74) is 1.67. The number of aliphatic carboxylic acids is 1. The molecule has 8 heteroatoms. The van der Waals surface area contributed by atoms with Gasteiger partial charge >= 0.3 is 5.97 Å². The molecule has 1 aliphatic heterocycles. The number of carboxylic acids is 1. The highest BCUT2D eigenvalue weighted by Gasteiger charge is 2.31. The minimum absolute atomic E-state index is 0.105. The summed E-state index contributed by atoms with van der Waals surface area (Å²) in [6.07, 6.45) is 6.90. The molecule has 2 N–H and O–H groups in total. The Hall–Kier alpha value is -2.19. The second kappa shape index (κ2) is 12.9. The average Bonchev–Trinajstić information content (AvgIpc) is 3.29. The lowest BCUT2D eigenvalue weighted by molar-refractivity contribution is -0.139. The number of aliphatic hydroxyl groups is 1. The number of piperidine rings is 1. The van der Waals surface area contributed by atoms with Crippen molar-refractivity contribution in [3.8, 4) is 5.75 Å². The van der Waals surface area contributed by atoms with Gasteiger partial charge in [0.25, 0.3) is 0 Å². The summed E-state index contributed by atoms with van der Waals surface area (Å²) in [7, 11) is 1.63. The highest BCUT2D eigenvalue weighted by molar-refractivity contribution is 7.16. The first-order valence-electron chi connectivity index (χ1n) is 12.7. The van der Waals surface area contributed by atoms with Crippen LogP contribution in [-0.2, 0) is 11.2 Å². The maximum absolute atomic E-state index is 11.6. The molecule has 6 nitrogen and oxygen atoms in total. The minimum atomic E-state index is -0.741. The van der Waals surface area contributed by atoms with Gasteiger partial charge in [0.2, 0.25) is 0 Å². The number of pyridine rings is 1.